The number of nitrogens with zero attached hydrogens (tertiary/aromatic N) is 2. The van der Waals surface area contributed by atoms with Gasteiger partial charge in [-0.05, 0) is 26.0 Å². The van der Waals surface area contributed by atoms with Gasteiger partial charge in [0.15, 0.2) is 0 Å². The van der Waals surface area contributed by atoms with E-state index in [1.54, 1.807) is 0 Å². The normalized spacial score (nSPS) is 10.4. The summed E-state index contributed by atoms with van der Waals surface area (Å²) >= 11 is 0. The molecule has 1 aromatic carbocycles. The van der Waals surface area contributed by atoms with Gasteiger partial charge in [0.25, 0.3) is 5.56 Å². The Labute approximate surface area is 106 Å². The highest BCUT2D eigenvalue weighted by Crippen LogP contribution is 2.18. The fourth-order valence-corrected chi connectivity index (χ4v) is 1.74. The fraction of sp³-hybridized carbons (Fsp3) is 0.286. The molecular weight excluding hydrogens is 226 g/mol. The number of benzene rings is 1. The second kappa shape index (κ2) is 4.64. The van der Waals surface area contributed by atoms with E-state index in [0.717, 1.165) is 22.6 Å². The van der Waals surface area contributed by atoms with E-state index in [1.807, 2.05) is 57.1 Å². The maximum absolute atomic E-state index is 11.9. The summed E-state index contributed by atoms with van der Waals surface area (Å²) in [5.41, 5.74) is 3.93. The lowest BCUT2D eigenvalue weighted by atomic mass is 10.1. The van der Waals surface area contributed by atoms with Gasteiger partial charge < -0.3 is 9.88 Å². The van der Waals surface area contributed by atoms with E-state index in [1.165, 1.54) is 0 Å². The number of nitrogens with one attached hydrogen (secondary N) is 1. The molecule has 0 saturated carbocycles. The number of hydrogen-bond donors (Lipinski definition) is 1. The number of aromatic amines is 1. The zero-order chi connectivity index (χ0) is 13.3. The molecule has 2 rings (SSSR count). The summed E-state index contributed by atoms with van der Waals surface area (Å²) < 4.78 is 0. The lowest BCUT2D eigenvalue weighted by Gasteiger charge is -2.12. The van der Waals surface area contributed by atoms with Crippen molar-refractivity contribution in [1.29, 1.82) is 0 Å². The quantitative estimate of drug-likeness (QED) is 0.879. The van der Waals surface area contributed by atoms with Crippen LogP contribution >= 0.6 is 0 Å². The molecule has 4 heteroatoms. The summed E-state index contributed by atoms with van der Waals surface area (Å²) in [6.45, 7) is 3.74. The van der Waals surface area contributed by atoms with Crippen molar-refractivity contribution < 1.29 is 0 Å². The van der Waals surface area contributed by atoms with E-state index in [9.17, 15) is 4.79 Å². The predicted molar refractivity (Wildman–Crippen MR) is 74.1 cm³/mol. The van der Waals surface area contributed by atoms with Gasteiger partial charge >= 0.3 is 0 Å². The minimum absolute atomic E-state index is 0.143. The van der Waals surface area contributed by atoms with E-state index in [4.69, 9.17) is 0 Å². The number of aryl methyl sites for hydroxylation is 2. The molecule has 2 aromatic rings. The van der Waals surface area contributed by atoms with Crippen LogP contribution in [0.4, 0.5) is 5.69 Å². The summed E-state index contributed by atoms with van der Waals surface area (Å²) in [5, 5.41) is 0. The second-order valence-electron chi connectivity index (χ2n) is 4.57. The average molecular weight is 243 g/mol. The smallest absolute Gasteiger partial charge is 0.274 e. The molecule has 0 saturated heterocycles. The van der Waals surface area contributed by atoms with Gasteiger partial charge in [-0.3, -0.25) is 4.79 Å². The Morgan fingerprint density at radius 2 is 1.72 bits per heavy atom. The van der Waals surface area contributed by atoms with Crippen LogP contribution in [-0.4, -0.2) is 24.1 Å². The molecule has 0 atom stereocenters. The van der Waals surface area contributed by atoms with E-state index in [-0.39, 0.29) is 5.56 Å². The maximum Gasteiger partial charge on any atom is 0.274 e. The lowest BCUT2D eigenvalue weighted by molar-refractivity contribution is 1.02. The van der Waals surface area contributed by atoms with Crippen LogP contribution in [0.25, 0.3) is 11.3 Å². The van der Waals surface area contributed by atoms with Gasteiger partial charge in [-0.25, -0.2) is 4.98 Å². The minimum atomic E-state index is -0.143. The van der Waals surface area contributed by atoms with Crippen molar-refractivity contribution in [1.82, 2.24) is 9.97 Å². The number of H-pyrrole nitrogens is 1. The highest BCUT2D eigenvalue weighted by atomic mass is 16.1. The third-order valence-electron chi connectivity index (χ3n) is 3.00. The Kier molecular flexibility index (Phi) is 3.19. The summed E-state index contributed by atoms with van der Waals surface area (Å²) in [5.74, 6) is 0. The zero-order valence-electron chi connectivity index (χ0n) is 11.1. The molecule has 0 aliphatic carbocycles. The van der Waals surface area contributed by atoms with Crippen LogP contribution < -0.4 is 10.5 Å². The van der Waals surface area contributed by atoms with Crippen LogP contribution in [0.2, 0.25) is 0 Å². The Balaban J connectivity index is 2.49. The van der Waals surface area contributed by atoms with Crippen molar-refractivity contribution in [2.24, 2.45) is 0 Å². The van der Waals surface area contributed by atoms with Gasteiger partial charge in [-0.15, -0.1) is 0 Å². The molecule has 1 heterocycles. The van der Waals surface area contributed by atoms with E-state index < -0.39 is 0 Å². The molecule has 4 nitrogen and oxygen atoms in total. The molecule has 0 aliphatic heterocycles. The molecule has 0 amide bonds. The minimum Gasteiger partial charge on any atom is -0.378 e. The highest BCUT2D eigenvalue weighted by molar-refractivity contribution is 5.62. The van der Waals surface area contributed by atoms with Crippen molar-refractivity contribution in [2.45, 2.75) is 13.8 Å². The third-order valence-corrected chi connectivity index (χ3v) is 3.00. The molecule has 0 radical (unpaired) electrons. The van der Waals surface area contributed by atoms with Crippen molar-refractivity contribution >= 4 is 5.69 Å². The molecular formula is C14H17N3O. The first-order valence-electron chi connectivity index (χ1n) is 5.84. The van der Waals surface area contributed by atoms with Gasteiger partial charge in [-0.1, -0.05) is 12.1 Å². The summed E-state index contributed by atoms with van der Waals surface area (Å²) in [4.78, 5) is 21.1. The predicted octanol–water partition coefficient (Wildman–Crippen LogP) is 2.12. The molecule has 1 aromatic heterocycles. The second-order valence-corrected chi connectivity index (χ2v) is 4.57. The largest absolute Gasteiger partial charge is 0.378 e. The number of aromatic nitrogens is 2. The van der Waals surface area contributed by atoms with Gasteiger partial charge in [0.2, 0.25) is 0 Å². The molecule has 0 bridgehead atoms. The van der Waals surface area contributed by atoms with Crippen molar-refractivity contribution in [3.8, 4) is 11.3 Å². The Morgan fingerprint density at radius 1 is 1.11 bits per heavy atom. The maximum atomic E-state index is 11.9. The van der Waals surface area contributed by atoms with Crippen molar-refractivity contribution in [3.63, 3.8) is 0 Å². The molecule has 0 unspecified atom stereocenters. The first kappa shape index (κ1) is 12.4. The van der Waals surface area contributed by atoms with Gasteiger partial charge in [0.1, 0.15) is 5.69 Å². The van der Waals surface area contributed by atoms with Crippen molar-refractivity contribution in [3.05, 3.63) is 46.0 Å². The summed E-state index contributed by atoms with van der Waals surface area (Å²) in [7, 11) is 3.96. The average Bonchev–Trinajstić information content (AvgIpc) is 2.34. The van der Waals surface area contributed by atoms with E-state index in [0.29, 0.717) is 5.69 Å². The highest BCUT2D eigenvalue weighted by Gasteiger charge is 2.07. The topological polar surface area (TPSA) is 49.0 Å². The van der Waals surface area contributed by atoms with Crippen LogP contribution in [0.5, 0.6) is 0 Å². The van der Waals surface area contributed by atoms with Crippen LogP contribution in [0, 0.1) is 13.8 Å². The number of anilines is 1. The van der Waals surface area contributed by atoms with Crippen molar-refractivity contribution in [2.75, 3.05) is 19.0 Å². The Bertz CT molecular complexity index is 612. The zero-order valence-corrected chi connectivity index (χ0v) is 11.1. The molecule has 0 spiro atoms. The van der Waals surface area contributed by atoms with E-state index >= 15 is 0 Å². The fourth-order valence-electron chi connectivity index (χ4n) is 1.74. The molecule has 0 aliphatic rings. The Morgan fingerprint density at radius 3 is 2.28 bits per heavy atom. The summed E-state index contributed by atoms with van der Waals surface area (Å²) in [6.07, 6.45) is 0. The third kappa shape index (κ3) is 2.27. The number of hydrogen-bond acceptors (Lipinski definition) is 3. The first-order valence-corrected chi connectivity index (χ1v) is 5.84. The molecule has 0 fully saturated rings. The number of rotatable bonds is 2. The van der Waals surface area contributed by atoms with E-state index in [2.05, 4.69) is 9.97 Å². The molecule has 18 heavy (non-hydrogen) atoms. The standard InChI is InChI=1S/C14H17N3O/c1-9-10(2)16-14(18)13(15-9)11-5-7-12(8-6-11)17(3)4/h5-8H,1-4H3,(H,16,18). The van der Waals surface area contributed by atoms with Gasteiger partial charge in [-0.2, -0.15) is 0 Å². The van der Waals surface area contributed by atoms with Gasteiger partial charge in [0.05, 0.1) is 5.69 Å². The van der Waals surface area contributed by atoms with Crippen LogP contribution in [0.1, 0.15) is 11.4 Å². The molecule has 94 valence electrons. The van der Waals surface area contributed by atoms with Crippen LogP contribution in [0.15, 0.2) is 29.1 Å². The first-order chi connectivity index (χ1) is 8.49. The van der Waals surface area contributed by atoms with Gasteiger partial charge in [0, 0.05) is 31.0 Å². The Hall–Kier alpha value is -2.10. The SMILES string of the molecule is Cc1nc(-c2ccc(N(C)C)cc2)c(=O)[nH]c1C. The summed E-state index contributed by atoms with van der Waals surface area (Å²) in [6, 6.07) is 7.79. The van der Waals surface area contributed by atoms with Crippen LogP contribution in [-0.2, 0) is 0 Å². The lowest BCUT2D eigenvalue weighted by Crippen LogP contribution is -2.14. The molecule has 1 N–H and O–H groups in total. The monoisotopic (exact) mass is 243 g/mol. The van der Waals surface area contributed by atoms with Crippen LogP contribution in [0.3, 0.4) is 0 Å².